The average molecular weight is 307 g/mol. The third kappa shape index (κ3) is 3.01. The fraction of sp³-hybridized carbons (Fsp3) is 0.294. The van der Waals surface area contributed by atoms with Crippen LogP contribution in [0.2, 0.25) is 10.0 Å². The monoisotopic (exact) mass is 306 g/mol. The summed E-state index contributed by atoms with van der Waals surface area (Å²) in [6.45, 7) is 0. The predicted octanol–water partition coefficient (Wildman–Crippen LogP) is 5.15. The Balaban J connectivity index is 1.82. The van der Waals surface area contributed by atoms with Crippen molar-refractivity contribution >= 4 is 23.2 Å². The largest absolute Gasteiger partial charge is 0.388 e. The zero-order valence-electron chi connectivity index (χ0n) is 11.0. The molecule has 0 aliphatic heterocycles. The van der Waals surface area contributed by atoms with Crippen LogP contribution in [-0.4, -0.2) is 5.11 Å². The SMILES string of the molecule is OC(Cc1c(Cl)cccc1Cl)c1cccc(C2CC2)c1. The number of aliphatic hydroxyl groups excluding tert-OH is 1. The Morgan fingerprint density at radius 1 is 1.05 bits per heavy atom. The van der Waals surface area contributed by atoms with Crippen LogP contribution in [0.25, 0.3) is 0 Å². The minimum atomic E-state index is -0.578. The molecule has 104 valence electrons. The van der Waals surface area contributed by atoms with Crippen LogP contribution >= 0.6 is 23.2 Å². The Labute approximate surface area is 129 Å². The summed E-state index contributed by atoms with van der Waals surface area (Å²) >= 11 is 12.3. The molecule has 0 bridgehead atoms. The molecule has 0 saturated heterocycles. The minimum Gasteiger partial charge on any atom is -0.388 e. The summed E-state index contributed by atoms with van der Waals surface area (Å²) in [6.07, 6.45) is 2.38. The van der Waals surface area contributed by atoms with Crippen LogP contribution in [0.1, 0.15) is 41.6 Å². The van der Waals surface area contributed by atoms with Crippen molar-refractivity contribution in [3.8, 4) is 0 Å². The van der Waals surface area contributed by atoms with Gasteiger partial charge >= 0.3 is 0 Å². The van der Waals surface area contributed by atoms with Gasteiger partial charge in [-0.1, -0.05) is 53.5 Å². The van der Waals surface area contributed by atoms with E-state index < -0.39 is 6.10 Å². The van der Waals surface area contributed by atoms with E-state index in [9.17, 15) is 5.11 Å². The lowest BCUT2D eigenvalue weighted by molar-refractivity contribution is 0.178. The molecule has 1 N–H and O–H groups in total. The Morgan fingerprint density at radius 3 is 2.35 bits per heavy atom. The molecule has 1 unspecified atom stereocenters. The highest BCUT2D eigenvalue weighted by Crippen LogP contribution is 2.41. The third-order valence-corrected chi connectivity index (χ3v) is 4.51. The number of halogens is 2. The van der Waals surface area contributed by atoms with E-state index in [0.717, 1.165) is 11.1 Å². The molecule has 1 aliphatic rings. The number of benzene rings is 2. The second kappa shape index (κ2) is 5.77. The first-order valence-electron chi connectivity index (χ1n) is 6.86. The zero-order valence-corrected chi connectivity index (χ0v) is 12.5. The molecule has 2 aromatic rings. The van der Waals surface area contributed by atoms with E-state index >= 15 is 0 Å². The van der Waals surface area contributed by atoms with Crippen molar-refractivity contribution in [2.45, 2.75) is 31.3 Å². The molecule has 1 atom stereocenters. The van der Waals surface area contributed by atoms with Gasteiger partial charge < -0.3 is 5.11 Å². The van der Waals surface area contributed by atoms with E-state index in [2.05, 4.69) is 12.1 Å². The van der Waals surface area contributed by atoms with Gasteiger partial charge in [-0.15, -0.1) is 0 Å². The van der Waals surface area contributed by atoms with Crippen molar-refractivity contribution in [3.05, 3.63) is 69.2 Å². The first kappa shape index (κ1) is 13.9. The van der Waals surface area contributed by atoms with E-state index in [1.165, 1.54) is 18.4 Å². The zero-order chi connectivity index (χ0) is 14.1. The van der Waals surface area contributed by atoms with Crippen molar-refractivity contribution in [2.24, 2.45) is 0 Å². The number of hydrogen-bond donors (Lipinski definition) is 1. The smallest absolute Gasteiger partial charge is 0.0831 e. The molecule has 0 aromatic heterocycles. The van der Waals surface area contributed by atoms with E-state index in [-0.39, 0.29) is 0 Å². The van der Waals surface area contributed by atoms with Crippen LogP contribution in [0.4, 0.5) is 0 Å². The maximum Gasteiger partial charge on any atom is 0.0831 e. The van der Waals surface area contributed by atoms with Gasteiger partial charge in [0, 0.05) is 16.5 Å². The quantitative estimate of drug-likeness (QED) is 0.828. The fourth-order valence-corrected chi connectivity index (χ4v) is 3.03. The molecular weight excluding hydrogens is 291 g/mol. The highest BCUT2D eigenvalue weighted by Gasteiger charge is 2.24. The molecule has 0 radical (unpaired) electrons. The molecule has 20 heavy (non-hydrogen) atoms. The first-order chi connectivity index (χ1) is 9.65. The summed E-state index contributed by atoms with van der Waals surface area (Å²) in [6, 6.07) is 13.6. The van der Waals surface area contributed by atoms with Crippen LogP contribution in [0.5, 0.6) is 0 Å². The molecular formula is C17H16Cl2O. The summed E-state index contributed by atoms with van der Waals surface area (Å²) < 4.78 is 0. The first-order valence-corrected chi connectivity index (χ1v) is 7.61. The summed E-state index contributed by atoms with van der Waals surface area (Å²) in [5, 5.41) is 11.6. The lowest BCUT2D eigenvalue weighted by Crippen LogP contribution is -2.03. The third-order valence-electron chi connectivity index (χ3n) is 3.80. The Morgan fingerprint density at radius 2 is 1.70 bits per heavy atom. The van der Waals surface area contributed by atoms with Gasteiger partial charge in [-0.2, -0.15) is 0 Å². The summed E-state index contributed by atoms with van der Waals surface area (Å²) in [5.41, 5.74) is 3.07. The molecule has 3 heteroatoms. The Kier molecular flexibility index (Phi) is 4.02. The minimum absolute atomic E-state index is 0.437. The predicted molar refractivity (Wildman–Crippen MR) is 83.5 cm³/mol. The maximum absolute atomic E-state index is 10.4. The summed E-state index contributed by atoms with van der Waals surface area (Å²) in [5.74, 6) is 0.686. The van der Waals surface area contributed by atoms with Crippen LogP contribution in [-0.2, 0) is 6.42 Å². The highest BCUT2D eigenvalue weighted by atomic mass is 35.5. The highest BCUT2D eigenvalue weighted by molar-refractivity contribution is 6.36. The molecule has 3 rings (SSSR count). The van der Waals surface area contributed by atoms with Gasteiger partial charge in [-0.05, 0) is 47.6 Å². The van der Waals surface area contributed by atoms with Crippen molar-refractivity contribution in [2.75, 3.05) is 0 Å². The van der Waals surface area contributed by atoms with Crippen LogP contribution in [0.15, 0.2) is 42.5 Å². The molecule has 1 nitrogen and oxygen atoms in total. The molecule has 1 fully saturated rings. The van der Waals surface area contributed by atoms with Crippen molar-refractivity contribution in [1.82, 2.24) is 0 Å². The second-order valence-corrected chi connectivity index (χ2v) is 6.18. The van der Waals surface area contributed by atoms with Gasteiger partial charge in [0.25, 0.3) is 0 Å². The van der Waals surface area contributed by atoms with E-state index in [1.807, 2.05) is 18.2 Å². The topological polar surface area (TPSA) is 20.2 Å². The second-order valence-electron chi connectivity index (χ2n) is 5.36. The molecule has 0 spiro atoms. The van der Waals surface area contributed by atoms with E-state index in [1.54, 1.807) is 12.1 Å². The van der Waals surface area contributed by atoms with E-state index in [0.29, 0.717) is 22.4 Å². The molecule has 0 heterocycles. The van der Waals surface area contributed by atoms with Crippen molar-refractivity contribution in [3.63, 3.8) is 0 Å². The molecule has 0 amide bonds. The van der Waals surface area contributed by atoms with Crippen LogP contribution < -0.4 is 0 Å². The van der Waals surface area contributed by atoms with Crippen LogP contribution in [0, 0.1) is 0 Å². The summed E-state index contributed by atoms with van der Waals surface area (Å²) in [4.78, 5) is 0. The van der Waals surface area contributed by atoms with Crippen molar-refractivity contribution in [1.29, 1.82) is 0 Å². The molecule has 1 aliphatic carbocycles. The van der Waals surface area contributed by atoms with Gasteiger partial charge in [0.1, 0.15) is 0 Å². The number of aliphatic hydroxyl groups is 1. The number of hydrogen-bond acceptors (Lipinski definition) is 1. The van der Waals surface area contributed by atoms with Gasteiger partial charge in [0.2, 0.25) is 0 Å². The van der Waals surface area contributed by atoms with Crippen molar-refractivity contribution < 1.29 is 5.11 Å². The van der Waals surface area contributed by atoms with Crippen LogP contribution in [0.3, 0.4) is 0 Å². The molecule has 1 saturated carbocycles. The van der Waals surface area contributed by atoms with Gasteiger partial charge in [0.15, 0.2) is 0 Å². The Bertz CT molecular complexity index is 600. The summed E-state index contributed by atoms with van der Waals surface area (Å²) in [7, 11) is 0. The lowest BCUT2D eigenvalue weighted by atomic mass is 9.98. The average Bonchev–Trinajstić information content (AvgIpc) is 3.27. The lowest BCUT2D eigenvalue weighted by Gasteiger charge is -2.14. The maximum atomic E-state index is 10.4. The van der Waals surface area contributed by atoms with E-state index in [4.69, 9.17) is 23.2 Å². The normalized spacial score (nSPS) is 16.1. The standard InChI is InChI=1S/C17H16Cl2O/c18-15-5-2-6-16(19)14(15)10-17(20)13-4-1-3-12(9-13)11-7-8-11/h1-6,9,11,17,20H,7-8,10H2. The van der Waals surface area contributed by atoms with Gasteiger partial charge in [-0.25, -0.2) is 0 Å². The van der Waals surface area contributed by atoms with Gasteiger partial charge in [-0.3, -0.25) is 0 Å². The fourth-order valence-electron chi connectivity index (χ4n) is 2.48. The Hall–Kier alpha value is -1.02. The number of rotatable bonds is 4. The van der Waals surface area contributed by atoms with Gasteiger partial charge in [0.05, 0.1) is 6.10 Å². The molecule has 2 aromatic carbocycles.